The maximum Gasteiger partial charge on any atom is 0.303 e. The lowest BCUT2D eigenvalue weighted by atomic mass is 9.69. The molecular formula is C14H21N3O4. The van der Waals surface area contributed by atoms with Crippen molar-refractivity contribution in [3.63, 3.8) is 0 Å². The number of carboxylic acid groups (broad SMARTS) is 1. The lowest BCUT2D eigenvalue weighted by Crippen LogP contribution is -2.35. The Kier molecular flexibility index (Phi) is 4.93. The van der Waals surface area contributed by atoms with Gasteiger partial charge < -0.3 is 14.9 Å². The normalized spacial score (nSPS) is 17.4. The molecule has 0 saturated heterocycles. The van der Waals surface area contributed by atoms with Gasteiger partial charge in [0, 0.05) is 6.42 Å². The molecule has 21 heavy (non-hydrogen) atoms. The van der Waals surface area contributed by atoms with E-state index < -0.39 is 11.4 Å². The monoisotopic (exact) mass is 295 g/mol. The highest BCUT2D eigenvalue weighted by Gasteiger charge is 2.36. The van der Waals surface area contributed by atoms with Crippen LogP contribution in [-0.4, -0.2) is 27.1 Å². The van der Waals surface area contributed by atoms with E-state index in [0.717, 1.165) is 32.1 Å². The third kappa shape index (κ3) is 4.54. The van der Waals surface area contributed by atoms with E-state index in [2.05, 4.69) is 15.5 Å². The first-order valence-electron chi connectivity index (χ1n) is 7.27. The lowest BCUT2D eigenvalue weighted by molar-refractivity contribution is -0.141. The zero-order valence-electron chi connectivity index (χ0n) is 12.2. The number of carbonyl (C=O) groups is 2. The van der Waals surface area contributed by atoms with E-state index in [0.29, 0.717) is 11.7 Å². The number of carboxylic acids is 1. The highest BCUT2D eigenvalue weighted by molar-refractivity contribution is 5.78. The zero-order chi connectivity index (χ0) is 15.3. The molecule has 1 aliphatic carbocycles. The highest BCUT2D eigenvalue weighted by Crippen LogP contribution is 2.42. The summed E-state index contributed by atoms with van der Waals surface area (Å²) < 4.78 is 4.92. The lowest BCUT2D eigenvalue weighted by Gasteiger charge is -2.35. The van der Waals surface area contributed by atoms with Gasteiger partial charge in [-0.15, -0.1) is 0 Å². The minimum absolute atomic E-state index is 0.0556. The van der Waals surface area contributed by atoms with Crippen LogP contribution in [-0.2, 0) is 16.1 Å². The van der Waals surface area contributed by atoms with Crippen molar-refractivity contribution in [1.82, 2.24) is 15.5 Å². The number of amides is 1. The van der Waals surface area contributed by atoms with Gasteiger partial charge in [0.25, 0.3) is 0 Å². The summed E-state index contributed by atoms with van der Waals surface area (Å²) >= 11 is 0. The Balaban J connectivity index is 1.89. The third-order valence-corrected chi connectivity index (χ3v) is 3.98. The summed E-state index contributed by atoms with van der Waals surface area (Å²) in [5.41, 5.74) is -0.404. The van der Waals surface area contributed by atoms with Crippen LogP contribution in [0.4, 0.5) is 0 Å². The Morgan fingerprint density at radius 1 is 1.29 bits per heavy atom. The van der Waals surface area contributed by atoms with E-state index in [1.54, 1.807) is 6.92 Å². The van der Waals surface area contributed by atoms with Crippen LogP contribution >= 0.6 is 0 Å². The molecule has 1 saturated carbocycles. The van der Waals surface area contributed by atoms with Crippen molar-refractivity contribution in [3.05, 3.63) is 11.7 Å². The average Bonchev–Trinajstić information content (AvgIpc) is 2.82. The van der Waals surface area contributed by atoms with Crippen LogP contribution in [0.15, 0.2) is 4.52 Å². The molecule has 0 aliphatic heterocycles. The zero-order valence-corrected chi connectivity index (χ0v) is 12.2. The molecule has 0 radical (unpaired) electrons. The van der Waals surface area contributed by atoms with Gasteiger partial charge in [-0.1, -0.05) is 24.4 Å². The highest BCUT2D eigenvalue weighted by atomic mass is 16.5. The molecule has 0 atom stereocenters. The molecule has 0 unspecified atom stereocenters. The van der Waals surface area contributed by atoms with Crippen LogP contribution in [0.3, 0.4) is 0 Å². The molecule has 2 N–H and O–H groups in total. The molecule has 1 aromatic heterocycles. The van der Waals surface area contributed by atoms with Gasteiger partial charge in [0.2, 0.25) is 11.8 Å². The molecule has 1 aromatic rings. The average molecular weight is 295 g/mol. The summed E-state index contributed by atoms with van der Waals surface area (Å²) in [5.74, 6) is -0.114. The molecule has 1 heterocycles. The van der Waals surface area contributed by atoms with Crippen LogP contribution in [0.5, 0.6) is 0 Å². The van der Waals surface area contributed by atoms with Crippen LogP contribution in [0.2, 0.25) is 0 Å². The van der Waals surface area contributed by atoms with Crippen molar-refractivity contribution >= 4 is 11.9 Å². The fraction of sp³-hybridized carbons (Fsp3) is 0.714. The molecule has 0 aromatic carbocycles. The minimum Gasteiger partial charge on any atom is -0.481 e. The number of nitrogens with zero attached hydrogens (tertiary/aromatic N) is 2. The summed E-state index contributed by atoms with van der Waals surface area (Å²) in [5, 5.41) is 15.5. The summed E-state index contributed by atoms with van der Waals surface area (Å²) in [6.45, 7) is 1.89. The summed E-state index contributed by atoms with van der Waals surface area (Å²) in [4.78, 5) is 27.2. The van der Waals surface area contributed by atoms with Crippen molar-refractivity contribution in [2.75, 3.05) is 0 Å². The van der Waals surface area contributed by atoms with Crippen LogP contribution in [0.1, 0.15) is 56.7 Å². The second-order valence-corrected chi connectivity index (χ2v) is 5.82. The molecule has 1 amide bonds. The van der Waals surface area contributed by atoms with Crippen molar-refractivity contribution in [2.24, 2.45) is 5.41 Å². The first-order chi connectivity index (χ1) is 9.99. The molecule has 0 spiro atoms. The fourth-order valence-electron chi connectivity index (χ4n) is 3.03. The molecule has 0 bridgehead atoms. The molecule has 7 nitrogen and oxygen atoms in total. The van der Waals surface area contributed by atoms with Gasteiger partial charge in [-0.2, -0.15) is 4.98 Å². The first-order valence-corrected chi connectivity index (χ1v) is 7.27. The van der Waals surface area contributed by atoms with Gasteiger partial charge in [0.05, 0.1) is 13.0 Å². The minimum atomic E-state index is -0.836. The number of rotatable bonds is 6. The van der Waals surface area contributed by atoms with E-state index in [1.807, 2.05) is 0 Å². The molecule has 116 valence electrons. The van der Waals surface area contributed by atoms with Crippen LogP contribution in [0, 0.1) is 12.3 Å². The van der Waals surface area contributed by atoms with E-state index >= 15 is 0 Å². The Morgan fingerprint density at radius 3 is 2.57 bits per heavy atom. The number of carbonyl (C=O) groups excluding carboxylic acids is 1. The predicted molar refractivity (Wildman–Crippen MR) is 73.3 cm³/mol. The van der Waals surface area contributed by atoms with Gasteiger partial charge in [-0.3, -0.25) is 9.59 Å². The second-order valence-electron chi connectivity index (χ2n) is 5.82. The Labute approximate surface area is 123 Å². The number of hydrogen-bond donors (Lipinski definition) is 2. The molecule has 7 heteroatoms. The Morgan fingerprint density at radius 2 is 2.00 bits per heavy atom. The van der Waals surface area contributed by atoms with Crippen LogP contribution < -0.4 is 5.32 Å². The number of aromatic nitrogens is 2. The fourth-order valence-corrected chi connectivity index (χ4v) is 3.03. The number of aliphatic carboxylic acids is 1. The number of aryl methyl sites for hydroxylation is 1. The Bertz CT molecular complexity index is 506. The number of nitrogens with one attached hydrogen (secondary N) is 1. The van der Waals surface area contributed by atoms with Gasteiger partial charge in [0.15, 0.2) is 5.82 Å². The van der Waals surface area contributed by atoms with Gasteiger partial charge in [0.1, 0.15) is 0 Å². The van der Waals surface area contributed by atoms with E-state index in [1.165, 1.54) is 0 Å². The molecule has 2 rings (SSSR count). The van der Waals surface area contributed by atoms with Crippen molar-refractivity contribution in [2.45, 2.75) is 58.4 Å². The molecular weight excluding hydrogens is 274 g/mol. The van der Waals surface area contributed by atoms with Crippen molar-refractivity contribution < 1.29 is 19.2 Å². The predicted octanol–water partition coefficient (Wildman–Crippen LogP) is 1.81. The molecule has 1 aliphatic rings. The second kappa shape index (κ2) is 6.69. The number of hydrogen-bond acceptors (Lipinski definition) is 5. The van der Waals surface area contributed by atoms with Gasteiger partial charge in [-0.25, -0.2) is 0 Å². The maximum atomic E-state index is 12.1. The summed E-state index contributed by atoms with van der Waals surface area (Å²) in [6.07, 6.45) is 4.99. The van der Waals surface area contributed by atoms with E-state index in [-0.39, 0.29) is 25.3 Å². The van der Waals surface area contributed by atoms with Crippen molar-refractivity contribution in [1.29, 1.82) is 0 Å². The standard InChI is InChI=1S/C14H21N3O4/c1-10-16-12(21-17-10)9-15-11(18)7-14(8-13(19)20)5-3-2-4-6-14/h2-9H2,1H3,(H,15,18)(H,19,20). The molecule has 1 fully saturated rings. The largest absolute Gasteiger partial charge is 0.481 e. The van der Waals surface area contributed by atoms with Gasteiger partial charge in [-0.05, 0) is 25.2 Å². The summed E-state index contributed by atoms with van der Waals surface area (Å²) in [6, 6.07) is 0. The van der Waals surface area contributed by atoms with Crippen LogP contribution in [0.25, 0.3) is 0 Å². The Hall–Kier alpha value is -1.92. The van der Waals surface area contributed by atoms with Gasteiger partial charge >= 0.3 is 5.97 Å². The SMILES string of the molecule is Cc1noc(CNC(=O)CC2(CC(=O)O)CCCCC2)n1. The first kappa shape index (κ1) is 15.5. The van der Waals surface area contributed by atoms with Crippen molar-refractivity contribution in [3.8, 4) is 0 Å². The quantitative estimate of drug-likeness (QED) is 0.829. The van der Waals surface area contributed by atoms with E-state index in [4.69, 9.17) is 9.63 Å². The topological polar surface area (TPSA) is 105 Å². The smallest absolute Gasteiger partial charge is 0.303 e. The maximum absolute atomic E-state index is 12.1. The summed E-state index contributed by atoms with van der Waals surface area (Å²) in [7, 11) is 0. The van der Waals surface area contributed by atoms with E-state index in [9.17, 15) is 9.59 Å². The third-order valence-electron chi connectivity index (χ3n) is 3.98.